The number of aryl methyl sites for hydroxylation is 1. The summed E-state index contributed by atoms with van der Waals surface area (Å²) < 4.78 is 5.77. The van der Waals surface area contributed by atoms with E-state index in [4.69, 9.17) is 4.74 Å². The van der Waals surface area contributed by atoms with Gasteiger partial charge in [-0.1, -0.05) is 0 Å². The van der Waals surface area contributed by atoms with E-state index in [2.05, 4.69) is 24.8 Å². The summed E-state index contributed by atoms with van der Waals surface area (Å²) in [6.45, 7) is 4.21. The van der Waals surface area contributed by atoms with Crippen LogP contribution in [-0.4, -0.2) is 39.6 Å². The highest BCUT2D eigenvalue weighted by molar-refractivity contribution is 5.39. The minimum absolute atomic E-state index is 0.0352. The van der Waals surface area contributed by atoms with Crippen molar-refractivity contribution in [1.29, 1.82) is 0 Å². The lowest BCUT2D eigenvalue weighted by atomic mass is 10.2. The highest BCUT2D eigenvalue weighted by Crippen LogP contribution is 2.23. The van der Waals surface area contributed by atoms with E-state index in [1.54, 1.807) is 18.9 Å². The molecule has 0 unspecified atom stereocenters. The van der Waals surface area contributed by atoms with Gasteiger partial charge in [-0.05, 0) is 13.0 Å². The Hall–Kier alpha value is -2.08. The van der Waals surface area contributed by atoms with E-state index in [9.17, 15) is 0 Å². The lowest BCUT2D eigenvalue weighted by Crippen LogP contribution is -2.39. The molecule has 0 saturated carbocycles. The maximum Gasteiger partial charge on any atom is 0.132 e. The van der Waals surface area contributed by atoms with Gasteiger partial charge in [0, 0.05) is 24.5 Å². The van der Waals surface area contributed by atoms with Gasteiger partial charge in [0.05, 0.1) is 18.8 Å². The number of morpholine rings is 1. The van der Waals surface area contributed by atoms with Gasteiger partial charge in [0.25, 0.3) is 0 Å². The van der Waals surface area contributed by atoms with Crippen LogP contribution in [0, 0.1) is 6.92 Å². The molecule has 19 heavy (non-hydrogen) atoms. The third-order valence-corrected chi connectivity index (χ3v) is 3.11. The van der Waals surface area contributed by atoms with Crippen molar-refractivity contribution in [3.63, 3.8) is 0 Å². The quantitative estimate of drug-likeness (QED) is 0.804. The van der Waals surface area contributed by atoms with Crippen molar-refractivity contribution in [3.05, 3.63) is 42.4 Å². The van der Waals surface area contributed by atoms with Crippen LogP contribution in [0.15, 0.2) is 31.0 Å². The summed E-state index contributed by atoms with van der Waals surface area (Å²) >= 11 is 0. The number of rotatable bonds is 2. The Balaban J connectivity index is 1.78. The molecule has 1 aliphatic rings. The van der Waals surface area contributed by atoms with Crippen LogP contribution in [0.25, 0.3) is 0 Å². The van der Waals surface area contributed by atoms with Crippen LogP contribution in [0.2, 0.25) is 0 Å². The standard InChI is InChI=1S/C13H15N5O/c1-10-6-13(17-9-15-10)18-4-5-19-12(7-18)11-2-3-14-8-16-11/h2-3,6,8-9,12H,4-5,7H2,1H3/t12-/m1/s1. The molecule has 6 heteroatoms. The molecule has 0 amide bonds. The second-order valence-corrected chi connectivity index (χ2v) is 4.46. The van der Waals surface area contributed by atoms with Gasteiger partial charge in [-0.3, -0.25) is 0 Å². The van der Waals surface area contributed by atoms with E-state index < -0.39 is 0 Å². The molecular formula is C13H15N5O. The number of hydrogen-bond acceptors (Lipinski definition) is 6. The molecule has 1 atom stereocenters. The molecule has 0 N–H and O–H groups in total. The first-order valence-corrected chi connectivity index (χ1v) is 6.24. The van der Waals surface area contributed by atoms with Gasteiger partial charge < -0.3 is 9.64 Å². The van der Waals surface area contributed by atoms with Crippen molar-refractivity contribution in [2.75, 3.05) is 24.6 Å². The molecule has 1 aliphatic heterocycles. The maximum absolute atomic E-state index is 5.77. The Morgan fingerprint density at radius 3 is 3.00 bits per heavy atom. The topological polar surface area (TPSA) is 64.0 Å². The van der Waals surface area contributed by atoms with Gasteiger partial charge in [0.15, 0.2) is 0 Å². The van der Waals surface area contributed by atoms with E-state index in [0.717, 1.165) is 30.3 Å². The zero-order chi connectivity index (χ0) is 13.1. The van der Waals surface area contributed by atoms with Crippen LogP contribution in [0.1, 0.15) is 17.5 Å². The molecule has 98 valence electrons. The van der Waals surface area contributed by atoms with Crippen LogP contribution in [0.4, 0.5) is 5.82 Å². The first-order valence-electron chi connectivity index (χ1n) is 6.24. The molecular weight excluding hydrogens is 242 g/mol. The average molecular weight is 257 g/mol. The van der Waals surface area contributed by atoms with Gasteiger partial charge in [-0.25, -0.2) is 19.9 Å². The lowest BCUT2D eigenvalue weighted by molar-refractivity contribution is 0.0366. The number of aromatic nitrogens is 4. The van der Waals surface area contributed by atoms with Gasteiger partial charge >= 0.3 is 0 Å². The molecule has 6 nitrogen and oxygen atoms in total. The maximum atomic E-state index is 5.77. The Kier molecular flexibility index (Phi) is 3.33. The summed E-state index contributed by atoms with van der Waals surface area (Å²) in [5.41, 5.74) is 1.88. The van der Waals surface area contributed by atoms with Crippen LogP contribution in [0.3, 0.4) is 0 Å². The van der Waals surface area contributed by atoms with Crippen molar-refractivity contribution < 1.29 is 4.74 Å². The molecule has 0 aliphatic carbocycles. The molecule has 2 aromatic heterocycles. The molecule has 0 aromatic carbocycles. The summed E-state index contributed by atoms with van der Waals surface area (Å²) in [5.74, 6) is 0.940. The minimum Gasteiger partial charge on any atom is -0.368 e. The SMILES string of the molecule is Cc1cc(N2CCO[C@@H](c3ccncn3)C2)ncn1. The van der Waals surface area contributed by atoms with E-state index in [-0.39, 0.29) is 6.10 Å². The number of ether oxygens (including phenoxy) is 1. The van der Waals surface area contributed by atoms with Crippen molar-refractivity contribution in [2.45, 2.75) is 13.0 Å². The lowest BCUT2D eigenvalue weighted by Gasteiger charge is -2.33. The zero-order valence-electron chi connectivity index (χ0n) is 10.7. The predicted molar refractivity (Wildman–Crippen MR) is 69.7 cm³/mol. The largest absolute Gasteiger partial charge is 0.368 e. The highest BCUT2D eigenvalue weighted by atomic mass is 16.5. The normalized spacial score (nSPS) is 19.4. The first kappa shape index (κ1) is 12.0. The van der Waals surface area contributed by atoms with E-state index >= 15 is 0 Å². The third-order valence-electron chi connectivity index (χ3n) is 3.11. The van der Waals surface area contributed by atoms with Crippen LogP contribution >= 0.6 is 0 Å². The van der Waals surface area contributed by atoms with Crippen molar-refractivity contribution in [1.82, 2.24) is 19.9 Å². The zero-order valence-corrected chi connectivity index (χ0v) is 10.7. The van der Waals surface area contributed by atoms with Crippen molar-refractivity contribution in [3.8, 4) is 0 Å². The summed E-state index contributed by atoms with van der Waals surface area (Å²) in [6.07, 6.45) is 4.85. The summed E-state index contributed by atoms with van der Waals surface area (Å²) in [7, 11) is 0. The fourth-order valence-electron chi connectivity index (χ4n) is 2.14. The Labute approximate surface area is 111 Å². The van der Waals surface area contributed by atoms with E-state index in [0.29, 0.717) is 6.61 Å². The van der Waals surface area contributed by atoms with Crippen LogP contribution in [-0.2, 0) is 4.74 Å². The fourth-order valence-corrected chi connectivity index (χ4v) is 2.14. The second kappa shape index (κ2) is 5.27. The average Bonchev–Trinajstić information content (AvgIpc) is 2.48. The first-order chi connectivity index (χ1) is 9.33. The highest BCUT2D eigenvalue weighted by Gasteiger charge is 2.23. The molecule has 1 fully saturated rings. The van der Waals surface area contributed by atoms with Crippen LogP contribution < -0.4 is 4.90 Å². The Morgan fingerprint density at radius 2 is 2.21 bits per heavy atom. The van der Waals surface area contributed by atoms with Gasteiger partial charge in [-0.2, -0.15) is 0 Å². The van der Waals surface area contributed by atoms with Crippen LogP contribution in [0.5, 0.6) is 0 Å². The molecule has 2 aromatic rings. The van der Waals surface area contributed by atoms with Crippen molar-refractivity contribution >= 4 is 5.82 Å². The molecule has 1 saturated heterocycles. The van der Waals surface area contributed by atoms with Gasteiger partial charge in [0.1, 0.15) is 24.6 Å². The van der Waals surface area contributed by atoms with E-state index in [1.807, 2.05) is 19.1 Å². The summed E-state index contributed by atoms with van der Waals surface area (Å²) in [4.78, 5) is 18.8. The monoisotopic (exact) mass is 257 g/mol. The third kappa shape index (κ3) is 2.68. The van der Waals surface area contributed by atoms with E-state index in [1.165, 1.54) is 0 Å². The number of hydrogen-bond donors (Lipinski definition) is 0. The predicted octanol–water partition coefficient (Wildman–Crippen LogP) is 1.15. The molecule has 0 radical (unpaired) electrons. The minimum atomic E-state index is -0.0352. The smallest absolute Gasteiger partial charge is 0.132 e. The number of nitrogens with zero attached hydrogens (tertiary/aromatic N) is 5. The second-order valence-electron chi connectivity index (χ2n) is 4.46. The molecule has 0 spiro atoms. The van der Waals surface area contributed by atoms with Gasteiger partial charge in [0.2, 0.25) is 0 Å². The molecule has 3 rings (SSSR count). The van der Waals surface area contributed by atoms with Gasteiger partial charge in [-0.15, -0.1) is 0 Å². The Morgan fingerprint density at radius 1 is 1.26 bits per heavy atom. The van der Waals surface area contributed by atoms with Crippen molar-refractivity contribution in [2.24, 2.45) is 0 Å². The fraction of sp³-hybridized carbons (Fsp3) is 0.385. The summed E-state index contributed by atoms with van der Waals surface area (Å²) in [5, 5.41) is 0. The number of anilines is 1. The Bertz CT molecular complexity index is 548. The molecule has 3 heterocycles. The summed E-state index contributed by atoms with van der Waals surface area (Å²) in [6, 6.07) is 3.88. The molecule has 0 bridgehead atoms.